The Bertz CT molecular complexity index is 989. The number of hydrogen-bond acceptors (Lipinski definition) is 5. The third kappa shape index (κ3) is 6.19. The SMILES string of the molecule is CCNC(=NCc1ccnc(Oc2ccc(C)c(C)c2)c1)NC1CCS(=O)(=O)C1. The van der Waals surface area contributed by atoms with Crippen molar-refractivity contribution in [2.45, 2.75) is 39.8 Å². The van der Waals surface area contributed by atoms with Gasteiger partial charge in [-0.1, -0.05) is 6.07 Å². The second kappa shape index (κ2) is 9.26. The van der Waals surface area contributed by atoms with Crippen molar-refractivity contribution in [2.75, 3.05) is 18.1 Å². The van der Waals surface area contributed by atoms with Crippen LogP contribution in [-0.2, 0) is 16.4 Å². The van der Waals surface area contributed by atoms with Crippen LogP contribution in [0.15, 0.2) is 41.5 Å². The standard InChI is InChI=1S/C21H28N4O3S/c1-4-22-21(25-18-8-10-29(26,27)14-18)24-13-17-7-9-23-20(12-17)28-19-6-5-15(2)16(3)11-19/h5-7,9,11-12,18H,4,8,10,13-14H2,1-3H3,(H2,22,24,25). The van der Waals surface area contributed by atoms with Gasteiger partial charge in [-0.05, 0) is 62.1 Å². The maximum atomic E-state index is 11.7. The first kappa shape index (κ1) is 21.1. The molecule has 29 heavy (non-hydrogen) atoms. The maximum absolute atomic E-state index is 11.7. The summed E-state index contributed by atoms with van der Waals surface area (Å²) in [6.45, 7) is 7.21. The van der Waals surface area contributed by atoms with E-state index in [0.717, 1.165) is 11.3 Å². The van der Waals surface area contributed by atoms with Crippen molar-refractivity contribution < 1.29 is 13.2 Å². The molecular formula is C21H28N4O3S. The fourth-order valence-corrected chi connectivity index (χ4v) is 4.77. The van der Waals surface area contributed by atoms with Crippen molar-refractivity contribution in [1.29, 1.82) is 0 Å². The fourth-order valence-electron chi connectivity index (χ4n) is 3.10. The molecule has 2 aromatic rings. The van der Waals surface area contributed by atoms with Crippen LogP contribution in [0.25, 0.3) is 0 Å². The van der Waals surface area contributed by atoms with Crippen LogP contribution >= 0.6 is 0 Å². The molecular weight excluding hydrogens is 388 g/mol. The molecule has 0 radical (unpaired) electrons. The zero-order valence-corrected chi connectivity index (χ0v) is 17.9. The number of nitrogens with one attached hydrogen (secondary N) is 2. The van der Waals surface area contributed by atoms with E-state index >= 15 is 0 Å². The topological polar surface area (TPSA) is 92.7 Å². The molecule has 1 aliphatic heterocycles. The van der Waals surface area contributed by atoms with E-state index in [0.29, 0.717) is 31.3 Å². The molecule has 3 rings (SSSR count). The monoisotopic (exact) mass is 416 g/mol. The Balaban J connectivity index is 1.66. The summed E-state index contributed by atoms with van der Waals surface area (Å²) in [5.74, 6) is 2.26. The molecule has 0 spiro atoms. The Morgan fingerprint density at radius 2 is 2.07 bits per heavy atom. The number of aryl methyl sites for hydroxylation is 2. The Labute approximate surface area is 172 Å². The number of rotatable bonds is 6. The number of sulfone groups is 1. The first-order valence-corrected chi connectivity index (χ1v) is 11.6. The Kier molecular flexibility index (Phi) is 6.74. The predicted octanol–water partition coefficient (Wildman–Crippen LogP) is 2.73. The number of hydrogen-bond donors (Lipinski definition) is 2. The maximum Gasteiger partial charge on any atom is 0.219 e. The molecule has 1 unspecified atom stereocenters. The second-order valence-corrected chi connectivity index (χ2v) is 9.52. The van der Waals surface area contributed by atoms with Crippen LogP contribution in [0.3, 0.4) is 0 Å². The highest BCUT2D eigenvalue weighted by molar-refractivity contribution is 7.91. The lowest BCUT2D eigenvalue weighted by molar-refractivity contribution is 0.461. The van der Waals surface area contributed by atoms with Gasteiger partial charge in [-0.3, -0.25) is 0 Å². The van der Waals surface area contributed by atoms with Crippen LogP contribution in [0.5, 0.6) is 11.6 Å². The molecule has 0 aliphatic carbocycles. The van der Waals surface area contributed by atoms with Gasteiger partial charge in [0.1, 0.15) is 5.75 Å². The van der Waals surface area contributed by atoms with Gasteiger partial charge in [-0.15, -0.1) is 0 Å². The lowest BCUT2D eigenvalue weighted by Gasteiger charge is -2.15. The van der Waals surface area contributed by atoms with Gasteiger partial charge >= 0.3 is 0 Å². The molecule has 2 heterocycles. The van der Waals surface area contributed by atoms with Gasteiger partial charge in [0.05, 0.1) is 18.1 Å². The van der Waals surface area contributed by atoms with Crippen LogP contribution in [0.2, 0.25) is 0 Å². The first-order chi connectivity index (χ1) is 13.8. The van der Waals surface area contributed by atoms with E-state index in [9.17, 15) is 8.42 Å². The molecule has 1 aliphatic rings. The zero-order chi connectivity index (χ0) is 20.9. The normalized spacial score (nSPS) is 18.4. The van der Waals surface area contributed by atoms with Gasteiger partial charge < -0.3 is 15.4 Å². The van der Waals surface area contributed by atoms with E-state index in [1.807, 2.05) is 44.2 Å². The molecule has 8 heteroatoms. The summed E-state index contributed by atoms with van der Waals surface area (Å²) in [6, 6.07) is 9.60. The molecule has 1 fully saturated rings. The van der Waals surface area contributed by atoms with E-state index in [-0.39, 0.29) is 17.5 Å². The predicted molar refractivity (Wildman–Crippen MR) is 115 cm³/mol. The summed E-state index contributed by atoms with van der Waals surface area (Å²) < 4.78 is 29.2. The summed E-state index contributed by atoms with van der Waals surface area (Å²) >= 11 is 0. The molecule has 7 nitrogen and oxygen atoms in total. The molecule has 1 aromatic carbocycles. The van der Waals surface area contributed by atoms with Gasteiger partial charge in [-0.2, -0.15) is 0 Å². The van der Waals surface area contributed by atoms with E-state index in [1.165, 1.54) is 11.1 Å². The number of ether oxygens (including phenoxy) is 1. The molecule has 1 saturated heterocycles. The summed E-state index contributed by atoms with van der Waals surface area (Å²) in [6.07, 6.45) is 2.31. The van der Waals surface area contributed by atoms with Gasteiger partial charge in [0.2, 0.25) is 5.88 Å². The van der Waals surface area contributed by atoms with Crippen LogP contribution in [0.1, 0.15) is 30.0 Å². The number of nitrogens with zero attached hydrogens (tertiary/aromatic N) is 2. The number of benzene rings is 1. The molecule has 156 valence electrons. The lowest BCUT2D eigenvalue weighted by Crippen LogP contribution is -2.44. The molecule has 0 saturated carbocycles. The first-order valence-electron chi connectivity index (χ1n) is 9.80. The number of aliphatic imine (C=N–C) groups is 1. The van der Waals surface area contributed by atoms with E-state index in [4.69, 9.17) is 4.74 Å². The number of pyridine rings is 1. The molecule has 1 aromatic heterocycles. The number of aromatic nitrogens is 1. The van der Waals surface area contributed by atoms with Crippen molar-refractivity contribution in [3.8, 4) is 11.6 Å². The molecule has 0 amide bonds. The summed E-state index contributed by atoms with van der Waals surface area (Å²) in [5, 5.41) is 6.39. The molecule has 1 atom stereocenters. The van der Waals surface area contributed by atoms with Crippen molar-refractivity contribution in [2.24, 2.45) is 4.99 Å². The number of guanidine groups is 1. The highest BCUT2D eigenvalue weighted by Gasteiger charge is 2.28. The van der Waals surface area contributed by atoms with Crippen LogP contribution in [0, 0.1) is 13.8 Å². The fraction of sp³-hybridized carbons (Fsp3) is 0.429. The zero-order valence-electron chi connectivity index (χ0n) is 17.1. The summed E-state index contributed by atoms with van der Waals surface area (Å²) in [5.41, 5.74) is 3.33. The highest BCUT2D eigenvalue weighted by atomic mass is 32.2. The largest absolute Gasteiger partial charge is 0.439 e. The average Bonchev–Trinajstić information content (AvgIpc) is 3.02. The third-order valence-corrected chi connectivity index (χ3v) is 6.61. The van der Waals surface area contributed by atoms with E-state index in [1.54, 1.807) is 6.20 Å². The van der Waals surface area contributed by atoms with Crippen LogP contribution < -0.4 is 15.4 Å². The van der Waals surface area contributed by atoms with Crippen LogP contribution in [-0.4, -0.2) is 43.5 Å². The highest BCUT2D eigenvalue weighted by Crippen LogP contribution is 2.23. The van der Waals surface area contributed by atoms with Gasteiger partial charge in [0, 0.05) is 24.8 Å². The summed E-state index contributed by atoms with van der Waals surface area (Å²) in [7, 11) is -2.93. The van der Waals surface area contributed by atoms with Crippen molar-refractivity contribution in [3.05, 3.63) is 53.2 Å². The lowest BCUT2D eigenvalue weighted by atomic mass is 10.1. The quantitative estimate of drug-likeness (QED) is 0.556. The average molecular weight is 417 g/mol. The van der Waals surface area contributed by atoms with Crippen molar-refractivity contribution in [3.63, 3.8) is 0 Å². The Morgan fingerprint density at radius 1 is 1.24 bits per heavy atom. The van der Waals surface area contributed by atoms with Gasteiger partial charge in [-0.25, -0.2) is 18.4 Å². The Morgan fingerprint density at radius 3 is 2.76 bits per heavy atom. The minimum Gasteiger partial charge on any atom is -0.439 e. The second-order valence-electron chi connectivity index (χ2n) is 7.29. The van der Waals surface area contributed by atoms with E-state index < -0.39 is 9.84 Å². The molecule has 0 bridgehead atoms. The Hall–Kier alpha value is -2.61. The van der Waals surface area contributed by atoms with Crippen molar-refractivity contribution >= 4 is 15.8 Å². The van der Waals surface area contributed by atoms with Gasteiger partial charge in [0.15, 0.2) is 15.8 Å². The summed E-state index contributed by atoms with van der Waals surface area (Å²) in [4.78, 5) is 8.87. The van der Waals surface area contributed by atoms with E-state index in [2.05, 4.69) is 27.5 Å². The minimum absolute atomic E-state index is 0.0982. The third-order valence-electron chi connectivity index (χ3n) is 4.84. The van der Waals surface area contributed by atoms with Crippen molar-refractivity contribution in [1.82, 2.24) is 15.6 Å². The minimum atomic E-state index is -2.93. The molecule has 2 N–H and O–H groups in total. The van der Waals surface area contributed by atoms with Gasteiger partial charge in [0.25, 0.3) is 0 Å². The smallest absolute Gasteiger partial charge is 0.219 e. The van der Waals surface area contributed by atoms with Crippen LogP contribution in [0.4, 0.5) is 0 Å².